The lowest BCUT2D eigenvalue weighted by Crippen LogP contribution is -2.32. The average Bonchev–Trinajstić information content (AvgIpc) is 2.93. The van der Waals surface area contributed by atoms with Gasteiger partial charge in [-0.1, -0.05) is 149 Å². The number of hydrogen-bond acceptors (Lipinski definition) is 3. The molecule has 0 atom stereocenters. The maximum absolute atomic E-state index is 12.1. The predicted molar refractivity (Wildman–Crippen MR) is 194 cm³/mol. The molecule has 0 amide bonds. The molecule has 0 aromatic heterocycles. The van der Waals surface area contributed by atoms with Gasteiger partial charge in [0, 0.05) is 7.11 Å². The first-order chi connectivity index (χ1) is 20.6. The van der Waals surface area contributed by atoms with E-state index in [1.807, 2.05) is 81.5 Å². The highest BCUT2D eigenvalue weighted by Gasteiger charge is 2.23. The number of allylic oxidation sites excluding steroid dienone is 24. The van der Waals surface area contributed by atoms with E-state index in [2.05, 4.69) is 89.3 Å². The van der Waals surface area contributed by atoms with E-state index in [1.54, 1.807) is 19.9 Å². The lowest BCUT2D eigenvalue weighted by Gasteiger charge is -2.18. The summed E-state index contributed by atoms with van der Waals surface area (Å²) < 4.78 is 5.21. The number of ketones is 1. The van der Waals surface area contributed by atoms with Gasteiger partial charge < -0.3 is 9.84 Å². The zero-order chi connectivity index (χ0) is 33.6. The molecule has 0 bridgehead atoms. The highest BCUT2D eigenvalue weighted by atomic mass is 16.5. The van der Waals surface area contributed by atoms with E-state index >= 15 is 0 Å². The standard InChI is InChI=1S/C41H56O3/c1-33(21-14-23-35(3)25-16-27-37(5)29-18-32-40(7,8)43)19-12-13-20-34(2)22-15-24-36(4)26-17-28-38(6)30-31-39(42)41(9,10)44-11/h12-31,43H,32H2,1-11H3/b13-12+,21-14+,22-15+,25-16+,26-17+,29-18+,31-30+,33-19+,34-20+,35-23+,36-24+,37-27+,38-28+. The van der Waals surface area contributed by atoms with Crippen LogP contribution < -0.4 is 0 Å². The van der Waals surface area contributed by atoms with Crippen LogP contribution in [-0.2, 0) is 9.53 Å². The molecule has 0 saturated heterocycles. The van der Waals surface area contributed by atoms with Crippen LogP contribution in [0.5, 0.6) is 0 Å². The van der Waals surface area contributed by atoms with Gasteiger partial charge >= 0.3 is 0 Å². The number of hydrogen-bond donors (Lipinski definition) is 1. The molecule has 3 heteroatoms. The highest BCUT2D eigenvalue weighted by molar-refractivity contribution is 5.96. The summed E-state index contributed by atoms with van der Waals surface area (Å²) in [7, 11) is 1.54. The summed E-state index contributed by atoms with van der Waals surface area (Å²) in [6.07, 6.45) is 40.9. The van der Waals surface area contributed by atoms with Crippen LogP contribution >= 0.6 is 0 Å². The first kappa shape index (κ1) is 40.2. The van der Waals surface area contributed by atoms with Crippen LogP contribution in [0.1, 0.15) is 75.7 Å². The minimum absolute atomic E-state index is 0.0596. The quantitative estimate of drug-likeness (QED) is 0.134. The van der Waals surface area contributed by atoms with Crippen LogP contribution in [0.25, 0.3) is 0 Å². The summed E-state index contributed by atoms with van der Waals surface area (Å²) in [6.45, 7) is 19.4. The van der Waals surface area contributed by atoms with E-state index in [1.165, 1.54) is 18.3 Å². The molecule has 238 valence electrons. The Bertz CT molecular complexity index is 1310. The Balaban J connectivity index is 4.86. The van der Waals surface area contributed by atoms with Crippen molar-refractivity contribution in [2.75, 3.05) is 7.11 Å². The molecule has 0 radical (unpaired) electrons. The van der Waals surface area contributed by atoms with E-state index in [9.17, 15) is 9.90 Å². The lowest BCUT2D eigenvalue weighted by molar-refractivity contribution is -0.131. The molecular formula is C41H56O3. The molecule has 0 aliphatic rings. The summed E-state index contributed by atoms with van der Waals surface area (Å²) >= 11 is 0. The molecule has 0 rings (SSSR count). The first-order valence-corrected chi connectivity index (χ1v) is 15.1. The Labute approximate surface area is 268 Å². The number of rotatable bonds is 17. The van der Waals surface area contributed by atoms with Crippen LogP contribution in [0.4, 0.5) is 0 Å². The Morgan fingerprint density at radius 2 is 0.841 bits per heavy atom. The normalized spacial score (nSPS) is 16.2. The van der Waals surface area contributed by atoms with Crippen molar-refractivity contribution in [1.29, 1.82) is 0 Å². The number of ether oxygens (including phenoxy) is 1. The average molecular weight is 597 g/mol. The molecule has 0 aliphatic carbocycles. The van der Waals surface area contributed by atoms with Gasteiger partial charge in [0.1, 0.15) is 5.60 Å². The maximum atomic E-state index is 12.1. The molecule has 0 saturated carbocycles. The fourth-order valence-electron chi connectivity index (χ4n) is 3.20. The second kappa shape index (κ2) is 21.8. The molecule has 0 fully saturated rings. The summed E-state index contributed by atoms with van der Waals surface area (Å²) in [6, 6.07) is 0. The summed E-state index contributed by atoms with van der Waals surface area (Å²) in [5.74, 6) is -0.0596. The third kappa shape index (κ3) is 22.8. The molecule has 0 aromatic rings. The van der Waals surface area contributed by atoms with Gasteiger partial charge in [-0.05, 0) is 81.7 Å². The van der Waals surface area contributed by atoms with Crippen LogP contribution in [0.2, 0.25) is 0 Å². The van der Waals surface area contributed by atoms with Crippen molar-refractivity contribution in [3.8, 4) is 0 Å². The van der Waals surface area contributed by atoms with E-state index in [0.717, 1.165) is 22.3 Å². The third-order valence-corrected chi connectivity index (χ3v) is 6.30. The third-order valence-electron chi connectivity index (χ3n) is 6.30. The van der Waals surface area contributed by atoms with Crippen molar-refractivity contribution in [3.63, 3.8) is 0 Å². The van der Waals surface area contributed by atoms with Gasteiger partial charge in [0.25, 0.3) is 0 Å². The van der Waals surface area contributed by atoms with Gasteiger partial charge in [0.15, 0.2) is 5.78 Å². The van der Waals surface area contributed by atoms with E-state index < -0.39 is 11.2 Å². The number of aliphatic hydroxyl groups is 1. The fraction of sp³-hybridized carbons (Fsp3) is 0.341. The second-order valence-electron chi connectivity index (χ2n) is 12.1. The fourth-order valence-corrected chi connectivity index (χ4v) is 3.20. The van der Waals surface area contributed by atoms with Crippen LogP contribution in [0.15, 0.2) is 155 Å². The largest absolute Gasteiger partial charge is 0.390 e. The molecule has 44 heavy (non-hydrogen) atoms. The maximum Gasteiger partial charge on any atom is 0.186 e. The predicted octanol–water partition coefficient (Wildman–Crippen LogP) is 10.7. The van der Waals surface area contributed by atoms with Crippen molar-refractivity contribution in [1.82, 2.24) is 0 Å². The van der Waals surface area contributed by atoms with Gasteiger partial charge in [-0.3, -0.25) is 4.79 Å². The molecule has 0 spiro atoms. The van der Waals surface area contributed by atoms with Crippen LogP contribution in [0, 0.1) is 0 Å². The summed E-state index contributed by atoms with van der Waals surface area (Å²) in [4.78, 5) is 12.1. The number of carbonyl (C=O) groups excluding carboxylic acids is 1. The second-order valence-corrected chi connectivity index (χ2v) is 12.1. The Morgan fingerprint density at radius 1 is 0.523 bits per heavy atom. The van der Waals surface area contributed by atoms with Gasteiger partial charge in [0.2, 0.25) is 0 Å². The minimum Gasteiger partial charge on any atom is -0.390 e. The Kier molecular flexibility index (Phi) is 19.9. The topological polar surface area (TPSA) is 46.5 Å². The van der Waals surface area contributed by atoms with Gasteiger partial charge in [-0.25, -0.2) is 0 Å². The number of methoxy groups -OCH3 is 1. The highest BCUT2D eigenvalue weighted by Crippen LogP contribution is 2.11. The molecule has 0 heterocycles. The Hall–Kier alpha value is -3.79. The monoisotopic (exact) mass is 596 g/mol. The van der Waals surface area contributed by atoms with Gasteiger partial charge in [-0.15, -0.1) is 0 Å². The van der Waals surface area contributed by atoms with Crippen molar-refractivity contribution >= 4 is 5.78 Å². The number of carbonyl (C=O) groups is 1. The van der Waals surface area contributed by atoms with Crippen LogP contribution in [-0.4, -0.2) is 29.2 Å². The zero-order valence-corrected chi connectivity index (χ0v) is 29.0. The van der Waals surface area contributed by atoms with Crippen molar-refractivity contribution in [3.05, 3.63) is 155 Å². The van der Waals surface area contributed by atoms with E-state index in [4.69, 9.17) is 4.74 Å². The lowest BCUT2D eigenvalue weighted by atomic mass is 10.0. The van der Waals surface area contributed by atoms with E-state index in [-0.39, 0.29) is 5.78 Å². The smallest absolute Gasteiger partial charge is 0.186 e. The Morgan fingerprint density at radius 3 is 1.18 bits per heavy atom. The van der Waals surface area contributed by atoms with Crippen LogP contribution in [0.3, 0.4) is 0 Å². The zero-order valence-electron chi connectivity index (χ0n) is 29.0. The van der Waals surface area contributed by atoms with Gasteiger partial charge in [0.05, 0.1) is 5.60 Å². The molecule has 1 N–H and O–H groups in total. The van der Waals surface area contributed by atoms with Gasteiger partial charge in [-0.2, -0.15) is 0 Å². The molecule has 0 aromatic carbocycles. The van der Waals surface area contributed by atoms with Crippen molar-refractivity contribution in [2.45, 2.75) is 86.9 Å². The summed E-state index contributed by atoms with van der Waals surface area (Å²) in [5.41, 5.74) is 5.27. The summed E-state index contributed by atoms with van der Waals surface area (Å²) in [5, 5.41) is 9.77. The van der Waals surface area contributed by atoms with Crippen molar-refractivity contribution in [2.24, 2.45) is 0 Å². The molecule has 0 aliphatic heterocycles. The molecular weight excluding hydrogens is 540 g/mol. The SMILES string of the molecule is COC(C)(C)C(=O)/C=C/C(C)=C/C=C/C(C)=C/C=C/C(C)=C/C=C/C=C(C)/C=C/C=C(C)/C=C/C=C(C)/C=C/CC(C)(C)O. The molecule has 0 unspecified atom stereocenters. The minimum atomic E-state index is -0.806. The molecule has 3 nitrogen and oxygen atoms in total. The van der Waals surface area contributed by atoms with E-state index in [0.29, 0.717) is 6.42 Å². The van der Waals surface area contributed by atoms with Crippen molar-refractivity contribution < 1.29 is 14.6 Å². The first-order valence-electron chi connectivity index (χ1n) is 15.1.